The van der Waals surface area contributed by atoms with Crippen molar-refractivity contribution < 1.29 is 18.8 Å². The average Bonchev–Trinajstić information content (AvgIpc) is 3.01. The zero-order valence-electron chi connectivity index (χ0n) is 28.1. The minimum atomic E-state index is -0.876. The Morgan fingerprint density at radius 1 is 0.913 bits per heavy atom. The first-order valence-electron chi connectivity index (χ1n) is 16.2. The molecule has 0 aromatic heterocycles. The summed E-state index contributed by atoms with van der Waals surface area (Å²) in [7, 11) is 3.28. The summed E-state index contributed by atoms with van der Waals surface area (Å²) in [6, 6.07) is 18.4. The van der Waals surface area contributed by atoms with Gasteiger partial charge in [-0.2, -0.15) is 0 Å². The normalized spacial score (nSPS) is 15.8. The number of fused-ring (bicyclic) bond motifs is 1. The van der Waals surface area contributed by atoms with Crippen LogP contribution in [0.25, 0.3) is 10.8 Å². The fourth-order valence-corrected chi connectivity index (χ4v) is 6.28. The molecular weight excluding hydrogens is 579 g/mol. The van der Waals surface area contributed by atoms with E-state index < -0.39 is 17.6 Å². The van der Waals surface area contributed by atoms with E-state index in [1.807, 2.05) is 68.1 Å². The molecule has 0 bridgehead atoms. The number of likely N-dealkylation sites (tertiary alicyclic amines) is 1. The Kier molecular flexibility index (Phi) is 11.4. The number of nitrogens with zero attached hydrogens (tertiary/aromatic N) is 3. The largest absolute Gasteiger partial charge is 0.341 e. The monoisotopic (exact) mass is 628 g/mol. The molecule has 2 atom stereocenters. The van der Waals surface area contributed by atoms with E-state index in [1.54, 1.807) is 32.3 Å². The topological polar surface area (TPSA) is 87.0 Å². The summed E-state index contributed by atoms with van der Waals surface area (Å²) in [5, 5.41) is 2.12. The van der Waals surface area contributed by atoms with E-state index in [-0.39, 0.29) is 36.4 Å². The first-order valence-corrected chi connectivity index (χ1v) is 16.2. The van der Waals surface area contributed by atoms with E-state index in [2.05, 4.69) is 6.92 Å². The molecule has 8 heteroatoms. The Bertz CT molecular complexity index is 1550. The Morgan fingerprint density at radius 2 is 1.50 bits per heavy atom. The van der Waals surface area contributed by atoms with Crippen LogP contribution in [-0.2, 0) is 27.2 Å². The van der Waals surface area contributed by atoms with Crippen molar-refractivity contribution in [1.29, 1.82) is 0 Å². The molecule has 2 N–H and O–H groups in total. The smallest absolute Gasteiger partial charge is 0.246 e. The van der Waals surface area contributed by atoms with Gasteiger partial charge in [-0.15, -0.1) is 0 Å². The zero-order chi connectivity index (χ0) is 33.6. The lowest BCUT2D eigenvalue weighted by atomic mass is 9.95. The molecule has 7 nitrogen and oxygen atoms in total. The van der Waals surface area contributed by atoms with Crippen LogP contribution in [0, 0.1) is 11.7 Å². The molecule has 1 fully saturated rings. The van der Waals surface area contributed by atoms with E-state index in [4.69, 9.17) is 5.73 Å². The maximum absolute atomic E-state index is 14.6. The van der Waals surface area contributed by atoms with Crippen LogP contribution in [0.1, 0.15) is 58.1 Å². The minimum Gasteiger partial charge on any atom is -0.341 e. The molecule has 246 valence electrons. The maximum atomic E-state index is 14.6. The molecule has 1 aliphatic rings. The number of hydrogen-bond acceptors (Lipinski definition) is 4. The van der Waals surface area contributed by atoms with Crippen molar-refractivity contribution in [3.63, 3.8) is 0 Å². The summed E-state index contributed by atoms with van der Waals surface area (Å²) in [5.74, 6) is -0.600. The molecule has 46 heavy (non-hydrogen) atoms. The van der Waals surface area contributed by atoms with Gasteiger partial charge in [0.1, 0.15) is 17.9 Å². The predicted molar refractivity (Wildman–Crippen MR) is 182 cm³/mol. The number of piperidine rings is 1. The van der Waals surface area contributed by atoms with E-state index >= 15 is 0 Å². The molecule has 3 aromatic rings. The number of carbonyl (C=O) groups excluding carboxylic acids is 3. The minimum absolute atomic E-state index is 0.133. The van der Waals surface area contributed by atoms with Gasteiger partial charge in [-0.25, -0.2) is 4.39 Å². The van der Waals surface area contributed by atoms with Gasteiger partial charge in [0.2, 0.25) is 17.7 Å². The van der Waals surface area contributed by atoms with Crippen LogP contribution < -0.4 is 5.73 Å². The van der Waals surface area contributed by atoms with Crippen LogP contribution in [0.3, 0.4) is 0 Å². The standard InChI is InChI=1S/C38H49FN4O3/c1-26-17-19-43(20-18-26)37(46)34(23-28-12-15-32(39)16-13-28)42(6)36(45)33(41(5)35(44)21-27(2)25-38(3,4)40)24-29-11-14-30-9-7-8-10-31(30)22-29/h7-16,21-22,26,33-34H,17-20,23-25,40H2,1-6H3/b27-21+/t33-,34-/m1/s1. The third-order valence-electron chi connectivity index (χ3n) is 8.99. The molecule has 0 aliphatic carbocycles. The number of halogens is 1. The highest BCUT2D eigenvalue weighted by Gasteiger charge is 2.37. The summed E-state index contributed by atoms with van der Waals surface area (Å²) in [4.78, 5) is 47.1. The van der Waals surface area contributed by atoms with E-state index in [0.717, 1.165) is 40.3 Å². The SMILES string of the molecule is C/C(=C\C(=O)N(C)[C@H](Cc1ccc2ccccc2c1)C(=O)N(C)[C@H](Cc1ccc(F)cc1)C(=O)N1CCC(C)CC1)CC(C)(C)N. The van der Waals surface area contributed by atoms with Gasteiger partial charge in [0.05, 0.1) is 0 Å². The summed E-state index contributed by atoms with van der Waals surface area (Å²) in [6.07, 6.45) is 4.38. The van der Waals surface area contributed by atoms with Crippen LogP contribution in [-0.4, -0.2) is 77.2 Å². The van der Waals surface area contributed by atoms with Gasteiger partial charge in [-0.3, -0.25) is 14.4 Å². The number of benzene rings is 3. The lowest BCUT2D eigenvalue weighted by molar-refractivity contribution is -0.149. The van der Waals surface area contributed by atoms with Gasteiger partial charge >= 0.3 is 0 Å². The summed E-state index contributed by atoms with van der Waals surface area (Å²) in [6.45, 7) is 9.11. The molecule has 1 aliphatic heterocycles. The lowest BCUT2D eigenvalue weighted by Gasteiger charge is -2.38. The first-order chi connectivity index (χ1) is 21.7. The molecular formula is C38H49FN4O3. The maximum Gasteiger partial charge on any atom is 0.246 e. The van der Waals surface area contributed by atoms with Gasteiger partial charge in [0, 0.05) is 51.6 Å². The number of rotatable bonds is 11. The van der Waals surface area contributed by atoms with E-state index in [1.165, 1.54) is 21.9 Å². The molecule has 0 saturated carbocycles. The van der Waals surface area contributed by atoms with Gasteiger partial charge in [-0.1, -0.05) is 67.1 Å². The Hall–Kier alpha value is -4.04. The number of likely N-dealkylation sites (N-methyl/N-ethyl adjacent to an activating group) is 2. The summed E-state index contributed by atoms with van der Waals surface area (Å²) in [5.41, 5.74) is 8.19. The van der Waals surface area contributed by atoms with Crippen molar-refractivity contribution in [2.75, 3.05) is 27.2 Å². The molecule has 3 amide bonds. The van der Waals surface area contributed by atoms with Crippen molar-refractivity contribution in [3.05, 3.63) is 95.3 Å². The quantitative estimate of drug-likeness (QED) is 0.274. The van der Waals surface area contributed by atoms with Crippen molar-refractivity contribution in [3.8, 4) is 0 Å². The fraction of sp³-hybridized carbons (Fsp3) is 0.447. The van der Waals surface area contributed by atoms with Crippen molar-refractivity contribution in [2.24, 2.45) is 11.7 Å². The molecule has 4 rings (SSSR count). The number of hydrogen-bond donors (Lipinski definition) is 1. The molecule has 1 saturated heterocycles. The molecule has 1 heterocycles. The van der Waals surface area contributed by atoms with E-state index in [0.29, 0.717) is 25.4 Å². The van der Waals surface area contributed by atoms with Crippen LogP contribution in [0.2, 0.25) is 0 Å². The van der Waals surface area contributed by atoms with Gasteiger partial charge in [0.15, 0.2) is 0 Å². The van der Waals surface area contributed by atoms with Gasteiger partial charge in [-0.05, 0) is 80.0 Å². The van der Waals surface area contributed by atoms with Crippen molar-refractivity contribution in [1.82, 2.24) is 14.7 Å². The van der Waals surface area contributed by atoms with Crippen LogP contribution in [0.5, 0.6) is 0 Å². The van der Waals surface area contributed by atoms with Crippen molar-refractivity contribution >= 4 is 28.5 Å². The molecule has 0 unspecified atom stereocenters. The second kappa shape index (κ2) is 15.0. The second-order valence-corrected chi connectivity index (χ2v) is 13.8. The highest BCUT2D eigenvalue weighted by atomic mass is 19.1. The lowest BCUT2D eigenvalue weighted by Crippen LogP contribution is -2.57. The molecule has 0 radical (unpaired) electrons. The predicted octanol–water partition coefficient (Wildman–Crippen LogP) is 5.75. The van der Waals surface area contributed by atoms with Crippen molar-refractivity contribution in [2.45, 2.75) is 77.4 Å². The van der Waals surface area contributed by atoms with Crippen LogP contribution >= 0.6 is 0 Å². The molecule has 3 aromatic carbocycles. The third kappa shape index (κ3) is 9.25. The number of nitrogens with two attached hydrogens (primary N) is 1. The fourth-order valence-electron chi connectivity index (χ4n) is 6.28. The van der Waals surface area contributed by atoms with Gasteiger partial charge in [0.25, 0.3) is 0 Å². The third-order valence-corrected chi connectivity index (χ3v) is 8.99. The zero-order valence-corrected chi connectivity index (χ0v) is 28.1. The number of amides is 3. The number of carbonyl (C=O) groups is 3. The van der Waals surface area contributed by atoms with Crippen LogP contribution in [0.4, 0.5) is 4.39 Å². The second-order valence-electron chi connectivity index (χ2n) is 13.8. The first kappa shape index (κ1) is 34.8. The highest BCUT2D eigenvalue weighted by Crippen LogP contribution is 2.23. The van der Waals surface area contributed by atoms with E-state index in [9.17, 15) is 18.8 Å². The summed E-state index contributed by atoms with van der Waals surface area (Å²) >= 11 is 0. The molecule has 0 spiro atoms. The van der Waals surface area contributed by atoms with Crippen LogP contribution in [0.15, 0.2) is 78.4 Å². The highest BCUT2D eigenvalue weighted by molar-refractivity contribution is 5.95. The Labute approximate surface area is 273 Å². The average molecular weight is 629 g/mol. The Balaban J connectivity index is 1.68. The van der Waals surface area contributed by atoms with Gasteiger partial charge < -0.3 is 20.4 Å². The summed E-state index contributed by atoms with van der Waals surface area (Å²) < 4.78 is 13.8. The Morgan fingerprint density at radius 3 is 2.13 bits per heavy atom.